The molecule has 1 aliphatic rings. The van der Waals surface area contributed by atoms with Crippen molar-refractivity contribution in [2.75, 3.05) is 5.32 Å². The highest BCUT2D eigenvalue weighted by Gasteiger charge is 2.37. The predicted octanol–water partition coefficient (Wildman–Crippen LogP) is 3.30. The molecule has 2 N–H and O–H groups in total. The van der Waals surface area contributed by atoms with Gasteiger partial charge in [-0.1, -0.05) is 13.8 Å². The fourth-order valence-corrected chi connectivity index (χ4v) is 3.47. The van der Waals surface area contributed by atoms with Crippen LogP contribution in [-0.4, -0.2) is 16.0 Å². The summed E-state index contributed by atoms with van der Waals surface area (Å²) in [5, 5.41) is 15.4. The van der Waals surface area contributed by atoms with E-state index in [4.69, 9.17) is 4.42 Å². The highest BCUT2D eigenvalue weighted by molar-refractivity contribution is 7.13. The van der Waals surface area contributed by atoms with Gasteiger partial charge in [-0.25, -0.2) is 4.98 Å². The van der Waals surface area contributed by atoms with Gasteiger partial charge in [0.15, 0.2) is 10.9 Å². The summed E-state index contributed by atoms with van der Waals surface area (Å²) in [6.45, 7) is 6.00. The molecule has 1 unspecified atom stereocenters. The Morgan fingerprint density at radius 3 is 3.00 bits per heavy atom. The van der Waals surface area contributed by atoms with Crippen molar-refractivity contribution < 1.29 is 14.3 Å². The van der Waals surface area contributed by atoms with Crippen LogP contribution in [0, 0.1) is 12.3 Å². The minimum atomic E-state index is -0.575. The minimum Gasteiger partial charge on any atom is -0.455 e. The van der Waals surface area contributed by atoms with Gasteiger partial charge in [0.05, 0.1) is 6.10 Å². The standard InChI is InChI=1S/C15H18N2O3S/c1-8-11-9(18)6-15(2,3)7-10(11)20-12(8)13(19)17-14-16-4-5-21-14/h4-5,9,18H,6-7H2,1-3H3,(H,16,17,19). The Kier molecular flexibility index (Phi) is 3.37. The normalized spacial score (nSPS) is 20.1. The summed E-state index contributed by atoms with van der Waals surface area (Å²) in [5.41, 5.74) is 1.47. The number of rotatable bonds is 2. The number of aromatic nitrogens is 1. The van der Waals surface area contributed by atoms with E-state index >= 15 is 0 Å². The quantitative estimate of drug-likeness (QED) is 0.892. The van der Waals surface area contributed by atoms with Crippen LogP contribution in [0.25, 0.3) is 0 Å². The fraction of sp³-hybridized carbons (Fsp3) is 0.467. The lowest BCUT2D eigenvalue weighted by Crippen LogP contribution is -2.24. The van der Waals surface area contributed by atoms with Crippen molar-refractivity contribution in [2.45, 2.75) is 39.7 Å². The Morgan fingerprint density at radius 1 is 1.57 bits per heavy atom. The van der Waals surface area contributed by atoms with E-state index in [9.17, 15) is 9.90 Å². The molecule has 0 spiro atoms. The smallest absolute Gasteiger partial charge is 0.293 e. The van der Waals surface area contributed by atoms with E-state index in [1.54, 1.807) is 11.6 Å². The van der Waals surface area contributed by atoms with Crippen LogP contribution < -0.4 is 5.32 Å². The minimum absolute atomic E-state index is 0.0280. The number of furan rings is 1. The van der Waals surface area contributed by atoms with Gasteiger partial charge in [0, 0.05) is 29.1 Å². The van der Waals surface area contributed by atoms with E-state index in [0.29, 0.717) is 11.6 Å². The summed E-state index contributed by atoms with van der Waals surface area (Å²) in [5.74, 6) is 0.675. The monoisotopic (exact) mass is 306 g/mol. The van der Waals surface area contributed by atoms with Crippen molar-refractivity contribution in [1.82, 2.24) is 4.98 Å². The van der Waals surface area contributed by atoms with Gasteiger partial charge >= 0.3 is 0 Å². The molecule has 0 aliphatic heterocycles. The van der Waals surface area contributed by atoms with Crippen molar-refractivity contribution >= 4 is 22.4 Å². The third kappa shape index (κ3) is 2.61. The van der Waals surface area contributed by atoms with Gasteiger partial charge in [-0.05, 0) is 18.8 Å². The highest BCUT2D eigenvalue weighted by atomic mass is 32.1. The van der Waals surface area contributed by atoms with Crippen molar-refractivity contribution in [3.05, 3.63) is 34.2 Å². The molecule has 2 aromatic rings. The molecule has 0 radical (unpaired) electrons. The second-order valence-corrected chi connectivity index (χ2v) is 7.14. The topological polar surface area (TPSA) is 75.4 Å². The number of carbonyl (C=O) groups excluding carboxylic acids is 1. The Hall–Kier alpha value is -1.66. The zero-order valence-corrected chi connectivity index (χ0v) is 13.1. The predicted molar refractivity (Wildman–Crippen MR) is 80.6 cm³/mol. The molecule has 2 heterocycles. The largest absolute Gasteiger partial charge is 0.455 e. The maximum atomic E-state index is 12.3. The molecular weight excluding hydrogens is 288 g/mol. The molecule has 6 heteroatoms. The van der Waals surface area contributed by atoms with Gasteiger partial charge in [-0.2, -0.15) is 0 Å². The molecule has 0 bridgehead atoms. The summed E-state index contributed by atoms with van der Waals surface area (Å²) in [6.07, 6.45) is 2.46. The zero-order valence-electron chi connectivity index (χ0n) is 12.3. The number of amides is 1. The molecule has 0 saturated carbocycles. The molecule has 5 nitrogen and oxygen atoms in total. The van der Waals surface area contributed by atoms with Crippen molar-refractivity contribution in [3.63, 3.8) is 0 Å². The SMILES string of the molecule is Cc1c(C(=O)Nc2nccs2)oc2c1C(O)CC(C)(C)C2. The molecule has 1 aliphatic carbocycles. The van der Waals surface area contributed by atoms with Gasteiger partial charge in [-0.3, -0.25) is 10.1 Å². The first kappa shape index (κ1) is 14.3. The van der Waals surface area contributed by atoms with Gasteiger partial charge in [-0.15, -0.1) is 11.3 Å². The number of thiazole rings is 1. The molecule has 21 heavy (non-hydrogen) atoms. The average molecular weight is 306 g/mol. The summed E-state index contributed by atoms with van der Waals surface area (Å²) in [4.78, 5) is 16.3. The van der Waals surface area contributed by atoms with Crippen LogP contribution in [0.5, 0.6) is 0 Å². The molecule has 0 saturated heterocycles. The summed E-state index contributed by atoms with van der Waals surface area (Å²) in [7, 11) is 0. The maximum Gasteiger partial charge on any atom is 0.293 e. The molecule has 112 valence electrons. The van der Waals surface area contributed by atoms with E-state index < -0.39 is 6.10 Å². The Balaban J connectivity index is 1.93. The lowest BCUT2D eigenvalue weighted by atomic mass is 9.75. The summed E-state index contributed by atoms with van der Waals surface area (Å²) in [6, 6.07) is 0. The third-order valence-electron chi connectivity index (χ3n) is 3.85. The van der Waals surface area contributed by atoms with Crippen LogP contribution in [0.4, 0.5) is 5.13 Å². The molecular formula is C15H18N2O3S. The first-order valence-electron chi connectivity index (χ1n) is 6.88. The van der Waals surface area contributed by atoms with E-state index in [1.165, 1.54) is 11.3 Å². The second-order valence-electron chi connectivity index (χ2n) is 6.25. The summed E-state index contributed by atoms with van der Waals surface area (Å²) >= 11 is 1.35. The molecule has 3 rings (SSSR count). The first-order valence-corrected chi connectivity index (χ1v) is 7.76. The van der Waals surface area contributed by atoms with Crippen molar-refractivity contribution in [3.8, 4) is 0 Å². The highest BCUT2D eigenvalue weighted by Crippen LogP contribution is 2.44. The number of nitrogens with zero attached hydrogens (tertiary/aromatic N) is 1. The Morgan fingerprint density at radius 2 is 2.33 bits per heavy atom. The van der Waals surface area contributed by atoms with Gasteiger partial charge in [0.25, 0.3) is 5.91 Å². The van der Waals surface area contributed by atoms with E-state index in [1.807, 2.05) is 6.92 Å². The number of nitrogens with one attached hydrogen (secondary N) is 1. The van der Waals surface area contributed by atoms with E-state index in [2.05, 4.69) is 24.1 Å². The number of aliphatic hydroxyl groups excluding tert-OH is 1. The number of carbonyl (C=O) groups is 1. The van der Waals surface area contributed by atoms with Crippen LogP contribution in [0.2, 0.25) is 0 Å². The Bertz CT molecular complexity index is 673. The number of fused-ring (bicyclic) bond motifs is 1. The van der Waals surface area contributed by atoms with Gasteiger partial charge in [0.1, 0.15) is 5.76 Å². The lowest BCUT2D eigenvalue weighted by Gasteiger charge is -2.31. The van der Waals surface area contributed by atoms with Crippen LogP contribution in [0.15, 0.2) is 16.0 Å². The van der Waals surface area contributed by atoms with Crippen molar-refractivity contribution in [2.24, 2.45) is 5.41 Å². The van der Waals surface area contributed by atoms with Crippen LogP contribution in [-0.2, 0) is 6.42 Å². The molecule has 1 atom stereocenters. The second kappa shape index (κ2) is 4.96. The molecule has 0 fully saturated rings. The van der Waals surface area contributed by atoms with E-state index in [-0.39, 0.29) is 17.1 Å². The van der Waals surface area contributed by atoms with Crippen molar-refractivity contribution in [1.29, 1.82) is 0 Å². The zero-order chi connectivity index (χ0) is 15.2. The van der Waals surface area contributed by atoms with Crippen LogP contribution >= 0.6 is 11.3 Å². The number of anilines is 1. The average Bonchev–Trinajstić information content (AvgIpc) is 2.95. The number of aliphatic hydroxyl groups is 1. The first-order chi connectivity index (χ1) is 9.87. The maximum absolute atomic E-state index is 12.3. The number of hydrogen-bond acceptors (Lipinski definition) is 5. The third-order valence-corrected chi connectivity index (χ3v) is 4.54. The fourth-order valence-electron chi connectivity index (χ4n) is 2.94. The number of hydrogen-bond donors (Lipinski definition) is 2. The molecule has 2 aromatic heterocycles. The molecule has 0 aromatic carbocycles. The van der Waals surface area contributed by atoms with Gasteiger partial charge in [0.2, 0.25) is 0 Å². The summed E-state index contributed by atoms with van der Waals surface area (Å²) < 4.78 is 5.76. The van der Waals surface area contributed by atoms with E-state index in [0.717, 1.165) is 23.3 Å². The van der Waals surface area contributed by atoms with Crippen LogP contribution in [0.3, 0.4) is 0 Å². The Labute approximate surface area is 127 Å². The van der Waals surface area contributed by atoms with Gasteiger partial charge < -0.3 is 9.52 Å². The molecule has 1 amide bonds. The van der Waals surface area contributed by atoms with Crippen LogP contribution in [0.1, 0.15) is 53.8 Å². The lowest BCUT2D eigenvalue weighted by molar-refractivity contribution is 0.0910.